The Morgan fingerprint density at radius 3 is 2.81 bits per heavy atom. The summed E-state index contributed by atoms with van der Waals surface area (Å²) in [6.07, 6.45) is -4.82. The van der Waals surface area contributed by atoms with Gasteiger partial charge in [-0.25, -0.2) is 0 Å². The van der Waals surface area contributed by atoms with Crippen LogP contribution in [0.3, 0.4) is 0 Å². The van der Waals surface area contributed by atoms with Gasteiger partial charge in [0.15, 0.2) is 0 Å². The Labute approximate surface area is 149 Å². The van der Waals surface area contributed by atoms with E-state index in [1.165, 1.54) is 0 Å². The first-order valence-corrected chi connectivity index (χ1v) is 8.36. The topological polar surface area (TPSA) is 70.7 Å². The Hall–Kier alpha value is -2.29. The zero-order valence-corrected chi connectivity index (χ0v) is 14.4. The normalized spacial score (nSPS) is 18.3. The molecule has 0 spiro atoms. The molecule has 9 heteroatoms. The van der Waals surface area contributed by atoms with Crippen LogP contribution in [-0.4, -0.2) is 55.2 Å². The van der Waals surface area contributed by atoms with Gasteiger partial charge in [-0.15, -0.1) is 0 Å². The van der Waals surface area contributed by atoms with Gasteiger partial charge in [0.05, 0.1) is 19.1 Å². The van der Waals surface area contributed by atoms with Crippen LogP contribution in [0.4, 0.5) is 13.2 Å². The molecule has 1 saturated heterocycles. The molecule has 1 heterocycles. The van der Waals surface area contributed by atoms with Gasteiger partial charge in [0, 0.05) is 25.2 Å². The molecule has 1 aromatic carbocycles. The lowest BCUT2D eigenvalue weighted by atomic mass is 10.1. The minimum Gasteiger partial charge on any atom is -0.494 e. The second-order valence-electron chi connectivity index (χ2n) is 5.91. The summed E-state index contributed by atoms with van der Waals surface area (Å²) in [6.45, 7) is 2.20. The maximum Gasteiger partial charge on any atom is 0.405 e. The molecule has 2 N–H and O–H groups in total. The molecule has 2 amide bonds. The molecular formula is C17H22F3N3O3. The van der Waals surface area contributed by atoms with Gasteiger partial charge in [0.1, 0.15) is 12.3 Å². The second-order valence-corrected chi connectivity index (χ2v) is 5.91. The quantitative estimate of drug-likeness (QED) is 0.759. The molecule has 0 saturated carbocycles. The lowest BCUT2D eigenvalue weighted by Crippen LogP contribution is -2.56. The van der Waals surface area contributed by atoms with Gasteiger partial charge in [0.2, 0.25) is 11.8 Å². The zero-order chi connectivity index (χ0) is 19.2. The van der Waals surface area contributed by atoms with E-state index in [4.69, 9.17) is 4.74 Å². The fourth-order valence-corrected chi connectivity index (χ4v) is 2.77. The SMILES string of the molecule is CCOc1ccccc1CN1CCNC(=O)[C@H]1CC(=O)NCC(F)(F)F. The van der Waals surface area contributed by atoms with E-state index in [-0.39, 0.29) is 12.3 Å². The maximum absolute atomic E-state index is 12.2. The molecule has 0 aromatic heterocycles. The molecule has 26 heavy (non-hydrogen) atoms. The molecule has 1 fully saturated rings. The first-order chi connectivity index (χ1) is 12.3. The van der Waals surface area contributed by atoms with Crippen molar-refractivity contribution in [3.63, 3.8) is 0 Å². The number of hydrogen-bond acceptors (Lipinski definition) is 4. The predicted octanol–water partition coefficient (Wildman–Crippen LogP) is 1.45. The van der Waals surface area contributed by atoms with Gasteiger partial charge in [-0.3, -0.25) is 14.5 Å². The molecule has 1 atom stereocenters. The summed E-state index contributed by atoms with van der Waals surface area (Å²) < 4.78 is 42.3. The van der Waals surface area contributed by atoms with Gasteiger partial charge in [-0.1, -0.05) is 18.2 Å². The van der Waals surface area contributed by atoms with E-state index in [1.807, 2.05) is 36.5 Å². The van der Waals surface area contributed by atoms with Crippen molar-refractivity contribution in [3.8, 4) is 5.75 Å². The van der Waals surface area contributed by atoms with Crippen LogP contribution in [0.15, 0.2) is 24.3 Å². The summed E-state index contributed by atoms with van der Waals surface area (Å²) in [5, 5.41) is 4.46. The first-order valence-electron chi connectivity index (χ1n) is 8.36. The van der Waals surface area contributed by atoms with Crippen LogP contribution in [-0.2, 0) is 16.1 Å². The average molecular weight is 373 g/mol. The number of benzene rings is 1. The van der Waals surface area contributed by atoms with E-state index >= 15 is 0 Å². The fraction of sp³-hybridized carbons (Fsp3) is 0.529. The Balaban J connectivity index is 2.06. The molecule has 6 nitrogen and oxygen atoms in total. The largest absolute Gasteiger partial charge is 0.494 e. The molecule has 0 radical (unpaired) electrons. The van der Waals surface area contributed by atoms with Crippen LogP contribution in [0, 0.1) is 0 Å². The van der Waals surface area contributed by atoms with Gasteiger partial charge in [-0.05, 0) is 13.0 Å². The molecule has 144 valence electrons. The second kappa shape index (κ2) is 8.88. The number of carbonyl (C=O) groups excluding carboxylic acids is 2. The molecule has 0 bridgehead atoms. The number of halogens is 3. The number of carbonyl (C=O) groups is 2. The minimum absolute atomic E-state index is 0.335. The standard InChI is InChI=1S/C17H22F3N3O3/c1-2-26-14-6-4-3-5-12(14)10-23-8-7-21-16(25)13(23)9-15(24)22-11-17(18,19)20/h3-6,13H,2,7-11H2,1H3,(H,21,25)(H,22,24)/t13-/m1/s1. The van der Waals surface area contributed by atoms with Crippen LogP contribution >= 0.6 is 0 Å². The average Bonchev–Trinajstić information content (AvgIpc) is 2.57. The first kappa shape index (κ1) is 20.0. The van der Waals surface area contributed by atoms with E-state index in [1.54, 1.807) is 4.90 Å². The van der Waals surface area contributed by atoms with Crippen LogP contribution in [0.5, 0.6) is 5.75 Å². The highest BCUT2D eigenvalue weighted by Crippen LogP contribution is 2.22. The van der Waals surface area contributed by atoms with Crippen molar-refractivity contribution in [2.75, 3.05) is 26.2 Å². The van der Waals surface area contributed by atoms with Gasteiger partial charge in [0.25, 0.3) is 0 Å². The molecular weight excluding hydrogens is 351 g/mol. The Kier molecular flexibility index (Phi) is 6.84. The predicted molar refractivity (Wildman–Crippen MR) is 88.5 cm³/mol. The number of para-hydroxylation sites is 1. The van der Waals surface area contributed by atoms with Crippen molar-refractivity contribution in [3.05, 3.63) is 29.8 Å². The van der Waals surface area contributed by atoms with Crippen LogP contribution in [0.25, 0.3) is 0 Å². The van der Waals surface area contributed by atoms with Crippen molar-refractivity contribution < 1.29 is 27.5 Å². The van der Waals surface area contributed by atoms with Crippen LogP contribution < -0.4 is 15.4 Å². The van der Waals surface area contributed by atoms with Crippen molar-refractivity contribution >= 4 is 11.8 Å². The highest BCUT2D eigenvalue weighted by atomic mass is 19.4. The van der Waals surface area contributed by atoms with Crippen molar-refractivity contribution in [1.82, 2.24) is 15.5 Å². The van der Waals surface area contributed by atoms with E-state index in [0.29, 0.717) is 32.0 Å². The maximum atomic E-state index is 12.2. The van der Waals surface area contributed by atoms with Crippen LogP contribution in [0.2, 0.25) is 0 Å². The monoisotopic (exact) mass is 373 g/mol. The summed E-state index contributed by atoms with van der Waals surface area (Å²) >= 11 is 0. The van der Waals surface area contributed by atoms with Crippen molar-refractivity contribution in [1.29, 1.82) is 0 Å². The summed E-state index contributed by atoms with van der Waals surface area (Å²) in [5.41, 5.74) is 0.852. The summed E-state index contributed by atoms with van der Waals surface area (Å²) in [4.78, 5) is 25.8. The van der Waals surface area contributed by atoms with E-state index in [2.05, 4.69) is 5.32 Å². The zero-order valence-electron chi connectivity index (χ0n) is 14.4. The van der Waals surface area contributed by atoms with E-state index in [9.17, 15) is 22.8 Å². The minimum atomic E-state index is -4.49. The van der Waals surface area contributed by atoms with Gasteiger partial charge >= 0.3 is 6.18 Å². The number of piperazine rings is 1. The molecule has 1 aromatic rings. The molecule has 0 unspecified atom stereocenters. The lowest BCUT2D eigenvalue weighted by molar-refractivity contribution is -0.141. The highest BCUT2D eigenvalue weighted by Gasteiger charge is 2.33. The Morgan fingerprint density at radius 2 is 2.12 bits per heavy atom. The summed E-state index contributed by atoms with van der Waals surface area (Å²) in [6, 6.07) is 6.52. The van der Waals surface area contributed by atoms with Crippen molar-refractivity contribution in [2.24, 2.45) is 0 Å². The third-order valence-electron chi connectivity index (χ3n) is 3.95. The number of nitrogens with zero attached hydrogens (tertiary/aromatic N) is 1. The van der Waals surface area contributed by atoms with Crippen molar-refractivity contribution in [2.45, 2.75) is 32.1 Å². The molecule has 1 aliphatic rings. The summed E-state index contributed by atoms with van der Waals surface area (Å²) in [7, 11) is 0. The fourth-order valence-electron chi connectivity index (χ4n) is 2.77. The van der Waals surface area contributed by atoms with Gasteiger partial charge in [-0.2, -0.15) is 13.2 Å². The smallest absolute Gasteiger partial charge is 0.405 e. The van der Waals surface area contributed by atoms with Gasteiger partial charge < -0.3 is 15.4 Å². The number of hydrogen-bond donors (Lipinski definition) is 2. The summed E-state index contributed by atoms with van der Waals surface area (Å²) in [5.74, 6) is -0.499. The third kappa shape index (κ3) is 5.91. The number of rotatable bonds is 7. The van der Waals surface area contributed by atoms with Crippen LogP contribution in [0.1, 0.15) is 18.9 Å². The third-order valence-corrected chi connectivity index (χ3v) is 3.95. The molecule has 0 aliphatic carbocycles. The Morgan fingerprint density at radius 1 is 1.38 bits per heavy atom. The molecule has 2 rings (SSSR count). The number of ether oxygens (including phenoxy) is 1. The van der Waals surface area contributed by atoms with E-state index < -0.39 is 24.7 Å². The number of nitrogens with one attached hydrogen (secondary N) is 2. The highest BCUT2D eigenvalue weighted by molar-refractivity contribution is 5.88. The van der Waals surface area contributed by atoms with E-state index in [0.717, 1.165) is 5.56 Å². The molecule has 1 aliphatic heterocycles. The Bertz CT molecular complexity index is 637. The lowest BCUT2D eigenvalue weighted by Gasteiger charge is -2.35. The number of amides is 2. The number of alkyl halides is 3.